The summed E-state index contributed by atoms with van der Waals surface area (Å²) in [6.45, 7) is 0. The van der Waals surface area contributed by atoms with Crippen LogP contribution in [0.5, 0.6) is 0 Å². The Bertz CT molecular complexity index is 2910. The summed E-state index contributed by atoms with van der Waals surface area (Å²) in [5.41, 5.74) is 17.7. The number of benzene rings is 10. The van der Waals surface area contributed by atoms with Crippen LogP contribution in [0.4, 0.5) is 0 Å². The van der Waals surface area contributed by atoms with Crippen molar-refractivity contribution in [2.24, 2.45) is 0 Å². The van der Waals surface area contributed by atoms with Gasteiger partial charge in [-0.05, 0) is 116 Å². The Morgan fingerprint density at radius 1 is 0.204 bits per heavy atom. The lowest BCUT2D eigenvalue weighted by atomic mass is 9.82. The van der Waals surface area contributed by atoms with Crippen LogP contribution in [0.1, 0.15) is 0 Å². The van der Waals surface area contributed by atoms with Gasteiger partial charge in [-0.25, -0.2) is 0 Å². The number of fused-ring (bicyclic) bond motifs is 5. The molecule has 11 rings (SSSR count). The first-order valence-electron chi connectivity index (χ1n) is 18.8. The Kier molecular flexibility index (Phi) is 6.97. The van der Waals surface area contributed by atoms with E-state index in [9.17, 15) is 0 Å². The molecule has 10 aromatic rings. The van der Waals surface area contributed by atoms with E-state index in [0.29, 0.717) is 0 Å². The monoisotopic (exact) mass is 682 g/mol. The molecule has 0 spiro atoms. The maximum absolute atomic E-state index is 2.39. The van der Waals surface area contributed by atoms with Crippen LogP contribution in [0.2, 0.25) is 0 Å². The number of hydrogen-bond donors (Lipinski definition) is 0. The Balaban J connectivity index is 1.20. The summed E-state index contributed by atoms with van der Waals surface area (Å²) in [7, 11) is 0. The summed E-state index contributed by atoms with van der Waals surface area (Å²) in [4.78, 5) is 0. The minimum atomic E-state index is 1.22. The maximum atomic E-state index is 2.39. The first kappa shape index (κ1) is 30.6. The summed E-state index contributed by atoms with van der Waals surface area (Å²) >= 11 is 0. The average molecular weight is 683 g/mol. The zero-order chi connectivity index (χ0) is 35.6. The zero-order valence-corrected chi connectivity index (χ0v) is 29.6. The van der Waals surface area contributed by atoms with Crippen LogP contribution in [0, 0.1) is 0 Å². The van der Waals surface area contributed by atoms with Crippen molar-refractivity contribution in [3.8, 4) is 77.9 Å². The molecule has 0 aliphatic heterocycles. The fourth-order valence-corrected chi connectivity index (χ4v) is 8.93. The normalized spacial score (nSPS) is 11.7. The average Bonchev–Trinajstić information content (AvgIpc) is 3.58. The Hall–Kier alpha value is -7.02. The molecule has 0 saturated carbocycles. The molecule has 0 aromatic heterocycles. The van der Waals surface area contributed by atoms with Crippen LogP contribution in [0.3, 0.4) is 0 Å². The van der Waals surface area contributed by atoms with Crippen LogP contribution in [0.25, 0.3) is 110 Å². The molecular formula is C54H34. The molecule has 1 aliphatic carbocycles. The van der Waals surface area contributed by atoms with Gasteiger partial charge in [0.15, 0.2) is 0 Å². The van der Waals surface area contributed by atoms with E-state index >= 15 is 0 Å². The van der Waals surface area contributed by atoms with Gasteiger partial charge in [0, 0.05) is 0 Å². The standard InChI is InChI=1S/C54H34/c1-3-12-35(13-4-1)38-22-27-40(28-23-38)50-46-18-9-10-19-47(46)51(41-29-24-39(25-30-41)36-14-5-2-6-15-36)54-49-33-32-44(45-20-11-21-48(52(45)49)53(50)54)43-31-26-37-16-7-8-17-42(37)34-43/h1-34H. The molecule has 0 unspecified atom stereocenters. The van der Waals surface area contributed by atoms with E-state index in [1.165, 1.54) is 110 Å². The molecule has 0 heterocycles. The van der Waals surface area contributed by atoms with Crippen LogP contribution in [-0.4, -0.2) is 0 Å². The molecule has 250 valence electrons. The summed E-state index contributed by atoms with van der Waals surface area (Å²) in [6, 6.07) is 76.0. The Morgan fingerprint density at radius 2 is 0.630 bits per heavy atom. The van der Waals surface area contributed by atoms with Crippen LogP contribution >= 0.6 is 0 Å². The first-order chi connectivity index (χ1) is 26.8. The van der Waals surface area contributed by atoms with E-state index in [1.54, 1.807) is 0 Å². The van der Waals surface area contributed by atoms with Crippen molar-refractivity contribution in [2.45, 2.75) is 0 Å². The van der Waals surface area contributed by atoms with Crippen LogP contribution in [-0.2, 0) is 0 Å². The topological polar surface area (TPSA) is 0 Å². The highest BCUT2D eigenvalue weighted by atomic mass is 14.3. The van der Waals surface area contributed by atoms with E-state index < -0.39 is 0 Å². The highest BCUT2D eigenvalue weighted by Crippen LogP contribution is 2.58. The molecule has 0 fully saturated rings. The second-order valence-electron chi connectivity index (χ2n) is 14.4. The molecule has 1 aliphatic rings. The van der Waals surface area contributed by atoms with Gasteiger partial charge in [0.2, 0.25) is 0 Å². The van der Waals surface area contributed by atoms with Crippen molar-refractivity contribution in [1.29, 1.82) is 0 Å². The minimum absolute atomic E-state index is 1.22. The quantitative estimate of drug-likeness (QED) is 0.169. The van der Waals surface area contributed by atoms with Crippen molar-refractivity contribution in [2.75, 3.05) is 0 Å². The van der Waals surface area contributed by atoms with Gasteiger partial charge in [0.1, 0.15) is 0 Å². The molecule has 0 amide bonds. The van der Waals surface area contributed by atoms with Crippen molar-refractivity contribution in [1.82, 2.24) is 0 Å². The molecule has 10 aromatic carbocycles. The molecule has 0 saturated heterocycles. The Morgan fingerprint density at radius 3 is 1.22 bits per heavy atom. The third-order valence-electron chi connectivity index (χ3n) is 11.4. The molecule has 54 heavy (non-hydrogen) atoms. The number of rotatable bonds is 5. The van der Waals surface area contributed by atoms with Crippen molar-refractivity contribution in [3.05, 3.63) is 206 Å². The summed E-state index contributed by atoms with van der Waals surface area (Å²) in [6.07, 6.45) is 0. The Labute approximate surface area is 315 Å². The van der Waals surface area contributed by atoms with Crippen molar-refractivity contribution in [3.63, 3.8) is 0 Å². The van der Waals surface area contributed by atoms with Gasteiger partial charge in [-0.2, -0.15) is 0 Å². The summed E-state index contributed by atoms with van der Waals surface area (Å²) in [5.74, 6) is 0. The summed E-state index contributed by atoms with van der Waals surface area (Å²) < 4.78 is 0. The van der Waals surface area contributed by atoms with Gasteiger partial charge >= 0.3 is 0 Å². The first-order valence-corrected chi connectivity index (χ1v) is 18.8. The predicted octanol–water partition coefficient (Wildman–Crippen LogP) is 15.1. The van der Waals surface area contributed by atoms with Gasteiger partial charge in [-0.3, -0.25) is 0 Å². The van der Waals surface area contributed by atoms with E-state index in [-0.39, 0.29) is 0 Å². The zero-order valence-electron chi connectivity index (χ0n) is 29.6. The molecular weight excluding hydrogens is 649 g/mol. The molecule has 0 N–H and O–H groups in total. The highest BCUT2D eigenvalue weighted by Gasteiger charge is 2.31. The molecule has 0 bridgehead atoms. The third kappa shape index (κ3) is 4.78. The smallest absolute Gasteiger partial charge is 0.000741 e. The van der Waals surface area contributed by atoms with Crippen LogP contribution in [0.15, 0.2) is 206 Å². The fourth-order valence-electron chi connectivity index (χ4n) is 8.93. The second-order valence-corrected chi connectivity index (χ2v) is 14.4. The highest BCUT2D eigenvalue weighted by molar-refractivity contribution is 6.28. The van der Waals surface area contributed by atoms with Gasteiger partial charge in [0.05, 0.1) is 0 Å². The molecule has 0 radical (unpaired) electrons. The minimum Gasteiger partial charge on any atom is -0.0622 e. The largest absolute Gasteiger partial charge is 0.0622 e. The third-order valence-corrected chi connectivity index (χ3v) is 11.4. The SMILES string of the molecule is c1ccc(-c2ccc(-c3c4c(c(-c5ccc(-c6ccccc6)cc5)c5ccccc35)-c3ccc(-c5ccc6ccccc6c5)c5cccc-4c35)cc2)cc1. The van der Waals surface area contributed by atoms with E-state index in [0.717, 1.165) is 0 Å². The molecule has 0 heteroatoms. The number of hydrogen-bond acceptors (Lipinski definition) is 0. The molecule has 0 atom stereocenters. The lowest BCUT2D eigenvalue weighted by Gasteiger charge is -2.21. The van der Waals surface area contributed by atoms with Gasteiger partial charge < -0.3 is 0 Å². The lowest BCUT2D eigenvalue weighted by molar-refractivity contribution is 1.59. The van der Waals surface area contributed by atoms with Gasteiger partial charge in [-0.1, -0.05) is 200 Å². The maximum Gasteiger partial charge on any atom is -0.000741 e. The van der Waals surface area contributed by atoms with E-state index in [1.807, 2.05) is 0 Å². The summed E-state index contributed by atoms with van der Waals surface area (Å²) in [5, 5.41) is 7.68. The predicted molar refractivity (Wildman–Crippen MR) is 231 cm³/mol. The van der Waals surface area contributed by atoms with Gasteiger partial charge in [0.25, 0.3) is 0 Å². The second kappa shape index (κ2) is 12.3. The van der Waals surface area contributed by atoms with Gasteiger partial charge in [-0.15, -0.1) is 0 Å². The lowest BCUT2D eigenvalue weighted by Crippen LogP contribution is -1.94. The van der Waals surface area contributed by atoms with Crippen molar-refractivity contribution >= 4 is 32.3 Å². The molecule has 0 nitrogen and oxygen atoms in total. The van der Waals surface area contributed by atoms with E-state index in [2.05, 4.69) is 206 Å². The van der Waals surface area contributed by atoms with E-state index in [4.69, 9.17) is 0 Å². The fraction of sp³-hybridized carbons (Fsp3) is 0. The van der Waals surface area contributed by atoms with Crippen molar-refractivity contribution < 1.29 is 0 Å². The van der Waals surface area contributed by atoms with Crippen LogP contribution < -0.4 is 0 Å².